The first-order valence-electron chi connectivity index (χ1n) is 9.42. The summed E-state index contributed by atoms with van der Waals surface area (Å²) in [6.45, 7) is 2.23. The quantitative estimate of drug-likeness (QED) is 0.753. The lowest BCUT2D eigenvalue weighted by atomic mass is 9.51. The third-order valence-electron chi connectivity index (χ3n) is 7.44. The van der Waals surface area contributed by atoms with E-state index in [-0.39, 0.29) is 5.41 Å². The van der Waals surface area contributed by atoms with Gasteiger partial charge in [-0.2, -0.15) is 0 Å². The molecule has 4 aliphatic carbocycles. The molecule has 0 aromatic carbocycles. The highest BCUT2D eigenvalue weighted by Crippen LogP contribution is 2.62. The molecule has 0 spiro atoms. The second-order valence-corrected chi connectivity index (χ2v) is 8.21. The third kappa shape index (κ3) is 1.98. The zero-order valence-electron chi connectivity index (χ0n) is 13.8. The minimum absolute atomic E-state index is 0.0433. The molecular weight excluding hydrogens is 272 g/mol. The lowest BCUT2D eigenvalue weighted by Crippen LogP contribution is -2.47. The van der Waals surface area contributed by atoms with Crippen LogP contribution in [0, 0.1) is 29.1 Å². The molecule has 0 aliphatic heterocycles. The van der Waals surface area contributed by atoms with Gasteiger partial charge in [-0.15, -0.1) is 0 Å². The number of allylic oxidation sites excluding steroid dienone is 1. The molecule has 0 amide bonds. The standard InChI is InChI=1S/C20H28O2/c1-2-10-20-11-9-16-15-6-4-14(21)12-13(15)3-5-17(16)18(20)7-8-19(20)22/h12,15-18H,2-11H2,1H3/t15-,16+,17+,18-,20-/m0/s1. The maximum Gasteiger partial charge on any atom is 0.155 e. The van der Waals surface area contributed by atoms with Crippen molar-refractivity contribution in [2.75, 3.05) is 0 Å². The molecule has 22 heavy (non-hydrogen) atoms. The van der Waals surface area contributed by atoms with Crippen LogP contribution in [0.15, 0.2) is 11.6 Å². The largest absolute Gasteiger partial charge is 0.299 e. The fourth-order valence-corrected chi connectivity index (χ4v) is 6.66. The number of ketones is 2. The van der Waals surface area contributed by atoms with E-state index in [1.54, 1.807) is 0 Å². The number of carbonyl (C=O) groups is 2. The van der Waals surface area contributed by atoms with Crippen molar-refractivity contribution in [2.45, 2.75) is 71.1 Å². The van der Waals surface area contributed by atoms with Crippen LogP contribution in [-0.2, 0) is 9.59 Å². The highest BCUT2D eigenvalue weighted by molar-refractivity contribution is 5.91. The first-order chi connectivity index (χ1) is 10.7. The summed E-state index contributed by atoms with van der Waals surface area (Å²) in [7, 11) is 0. The number of hydrogen-bond donors (Lipinski definition) is 0. The van der Waals surface area contributed by atoms with E-state index in [9.17, 15) is 9.59 Å². The van der Waals surface area contributed by atoms with Crippen LogP contribution < -0.4 is 0 Å². The van der Waals surface area contributed by atoms with E-state index in [1.807, 2.05) is 6.08 Å². The van der Waals surface area contributed by atoms with Crippen molar-refractivity contribution >= 4 is 11.6 Å². The van der Waals surface area contributed by atoms with Gasteiger partial charge in [-0.25, -0.2) is 0 Å². The van der Waals surface area contributed by atoms with Gasteiger partial charge < -0.3 is 0 Å². The molecule has 0 aromatic rings. The normalized spacial score (nSPS) is 44.1. The van der Waals surface area contributed by atoms with Crippen LogP contribution in [0.4, 0.5) is 0 Å². The summed E-state index contributed by atoms with van der Waals surface area (Å²) < 4.78 is 0. The summed E-state index contributed by atoms with van der Waals surface area (Å²) in [6, 6.07) is 0. The lowest BCUT2D eigenvalue weighted by molar-refractivity contribution is -0.133. The fourth-order valence-electron chi connectivity index (χ4n) is 6.66. The van der Waals surface area contributed by atoms with Gasteiger partial charge in [0.1, 0.15) is 5.78 Å². The number of fused-ring (bicyclic) bond motifs is 5. The predicted octanol–water partition coefficient (Wildman–Crippen LogP) is 4.48. The van der Waals surface area contributed by atoms with E-state index in [1.165, 1.54) is 18.4 Å². The molecule has 3 fully saturated rings. The second-order valence-electron chi connectivity index (χ2n) is 8.21. The Kier molecular flexibility index (Phi) is 3.54. The average Bonchev–Trinajstić information content (AvgIpc) is 2.84. The minimum Gasteiger partial charge on any atom is -0.299 e. The molecule has 120 valence electrons. The topological polar surface area (TPSA) is 34.1 Å². The van der Waals surface area contributed by atoms with E-state index in [0.29, 0.717) is 23.4 Å². The molecule has 0 unspecified atom stereocenters. The zero-order valence-corrected chi connectivity index (χ0v) is 13.8. The van der Waals surface area contributed by atoms with Gasteiger partial charge in [0, 0.05) is 18.3 Å². The molecular formula is C20H28O2. The van der Waals surface area contributed by atoms with E-state index >= 15 is 0 Å². The van der Waals surface area contributed by atoms with Crippen molar-refractivity contribution < 1.29 is 9.59 Å². The Hall–Kier alpha value is -0.920. The van der Waals surface area contributed by atoms with Gasteiger partial charge in [0.2, 0.25) is 0 Å². The maximum absolute atomic E-state index is 12.7. The van der Waals surface area contributed by atoms with Gasteiger partial charge in [-0.1, -0.05) is 18.9 Å². The van der Waals surface area contributed by atoms with E-state index in [2.05, 4.69) is 6.92 Å². The minimum atomic E-state index is 0.0433. The third-order valence-corrected chi connectivity index (χ3v) is 7.44. The molecule has 0 aromatic heterocycles. The first-order valence-corrected chi connectivity index (χ1v) is 9.42. The Morgan fingerprint density at radius 3 is 2.73 bits per heavy atom. The number of rotatable bonds is 2. The molecule has 5 atom stereocenters. The summed E-state index contributed by atoms with van der Waals surface area (Å²) in [5.41, 5.74) is 1.49. The van der Waals surface area contributed by atoms with Crippen LogP contribution in [0.1, 0.15) is 71.1 Å². The predicted molar refractivity (Wildman–Crippen MR) is 86.3 cm³/mol. The van der Waals surface area contributed by atoms with E-state index in [0.717, 1.165) is 63.2 Å². The van der Waals surface area contributed by atoms with Crippen molar-refractivity contribution in [1.29, 1.82) is 0 Å². The van der Waals surface area contributed by atoms with E-state index < -0.39 is 0 Å². The molecule has 0 bridgehead atoms. The second kappa shape index (κ2) is 5.32. The van der Waals surface area contributed by atoms with Crippen molar-refractivity contribution in [2.24, 2.45) is 29.1 Å². The van der Waals surface area contributed by atoms with Crippen molar-refractivity contribution in [1.82, 2.24) is 0 Å². The molecule has 0 N–H and O–H groups in total. The molecule has 2 nitrogen and oxygen atoms in total. The molecule has 2 heteroatoms. The number of carbonyl (C=O) groups excluding carboxylic acids is 2. The molecule has 3 saturated carbocycles. The van der Waals surface area contributed by atoms with Gasteiger partial charge in [0.15, 0.2) is 5.78 Å². The number of Topliss-reactive ketones (excluding diaryl/α,β-unsaturated/α-hetero) is 1. The Morgan fingerprint density at radius 2 is 1.91 bits per heavy atom. The summed E-state index contributed by atoms with van der Waals surface area (Å²) in [6.07, 6.45) is 12.7. The average molecular weight is 300 g/mol. The fraction of sp³-hybridized carbons (Fsp3) is 0.800. The summed E-state index contributed by atoms with van der Waals surface area (Å²) >= 11 is 0. The van der Waals surface area contributed by atoms with Gasteiger partial charge >= 0.3 is 0 Å². The highest BCUT2D eigenvalue weighted by Gasteiger charge is 2.57. The summed E-state index contributed by atoms with van der Waals surface area (Å²) in [5.74, 6) is 3.75. The van der Waals surface area contributed by atoms with Gasteiger partial charge in [-0.05, 0) is 74.7 Å². The summed E-state index contributed by atoms with van der Waals surface area (Å²) in [4.78, 5) is 24.4. The Bertz CT molecular complexity index is 532. The molecule has 4 rings (SSSR count). The maximum atomic E-state index is 12.7. The van der Waals surface area contributed by atoms with Crippen LogP contribution in [0.25, 0.3) is 0 Å². The molecule has 0 radical (unpaired) electrons. The van der Waals surface area contributed by atoms with Gasteiger partial charge in [0.25, 0.3) is 0 Å². The van der Waals surface area contributed by atoms with Crippen molar-refractivity contribution in [3.63, 3.8) is 0 Å². The van der Waals surface area contributed by atoms with Crippen LogP contribution in [0.2, 0.25) is 0 Å². The Morgan fingerprint density at radius 1 is 1.05 bits per heavy atom. The Balaban J connectivity index is 1.63. The number of hydrogen-bond acceptors (Lipinski definition) is 2. The van der Waals surface area contributed by atoms with Crippen LogP contribution in [-0.4, -0.2) is 11.6 Å². The molecule has 4 aliphatic rings. The molecule has 0 heterocycles. The first kappa shape index (κ1) is 14.7. The van der Waals surface area contributed by atoms with Crippen LogP contribution in [0.3, 0.4) is 0 Å². The van der Waals surface area contributed by atoms with E-state index in [4.69, 9.17) is 0 Å². The highest BCUT2D eigenvalue weighted by atomic mass is 16.1. The van der Waals surface area contributed by atoms with Gasteiger partial charge in [-0.3, -0.25) is 9.59 Å². The van der Waals surface area contributed by atoms with Crippen molar-refractivity contribution in [3.8, 4) is 0 Å². The monoisotopic (exact) mass is 300 g/mol. The van der Waals surface area contributed by atoms with Crippen LogP contribution >= 0.6 is 0 Å². The SMILES string of the molecule is CCC[C@]12CC[C@H]3[C@@H](CCC4=CC(=O)CC[C@@H]43)[C@@H]1CCC2=O. The smallest absolute Gasteiger partial charge is 0.155 e. The molecule has 0 saturated heterocycles. The van der Waals surface area contributed by atoms with Gasteiger partial charge in [0.05, 0.1) is 0 Å². The summed E-state index contributed by atoms with van der Waals surface area (Å²) in [5, 5.41) is 0. The Labute approximate surface area is 133 Å². The van der Waals surface area contributed by atoms with Crippen molar-refractivity contribution in [3.05, 3.63) is 11.6 Å². The zero-order chi connectivity index (χ0) is 15.3. The van der Waals surface area contributed by atoms with Crippen LogP contribution in [0.5, 0.6) is 0 Å². The lowest BCUT2D eigenvalue weighted by Gasteiger charge is -2.53.